The molecule has 1 nitrogen and oxygen atoms in total. The second kappa shape index (κ2) is 3.29. The Labute approximate surface area is 97.2 Å². The second-order valence-corrected chi connectivity index (χ2v) is 9.32. The van der Waals surface area contributed by atoms with Crippen LogP contribution in [0.1, 0.15) is 11.1 Å². The zero-order valence-corrected chi connectivity index (χ0v) is 10.7. The van der Waals surface area contributed by atoms with Gasteiger partial charge in [-0.05, 0) is 28.8 Å². The van der Waals surface area contributed by atoms with E-state index in [1.807, 2.05) is 12.4 Å². The summed E-state index contributed by atoms with van der Waals surface area (Å²) in [5.74, 6) is 0. The summed E-state index contributed by atoms with van der Waals surface area (Å²) in [5.41, 5.74) is 2.93. The number of rotatable bonds is 0. The molecule has 1 aliphatic heterocycles. The number of aromatic nitrogens is 1. The average Bonchev–Trinajstić information content (AvgIpc) is 2.29. The van der Waals surface area contributed by atoms with Crippen molar-refractivity contribution in [2.45, 2.75) is 19.5 Å². The highest BCUT2D eigenvalue weighted by Crippen LogP contribution is 2.18. The number of benzene rings is 1. The number of hydrogen-bond donors (Lipinski definition) is 0. The van der Waals surface area contributed by atoms with E-state index in [0.29, 0.717) is 0 Å². The number of fused-ring (bicyclic) bond motifs is 2. The molecule has 0 radical (unpaired) electrons. The van der Waals surface area contributed by atoms with E-state index in [1.165, 1.54) is 11.1 Å². The minimum atomic E-state index is -1.47. The van der Waals surface area contributed by atoms with Gasteiger partial charge >= 0.3 is 0 Å². The SMILES string of the molecule is C[Si]1(C)c2ccccc2Cc2cnccc21. The molecular weight excluding hydrogens is 210 g/mol. The molecule has 0 amide bonds. The predicted octanol–water partition coefficient (Wildman–Crippen LogP) is 1.81. The first kappa shape index (κ1) is 9.79. The average molecular weight is 225 g/mol. The van der Waals surface area contributed by atoms with Gasteiger partial charge in [0, 0.05) is 12.4 Å². The summed E-state index contributed by atoms with van der Waals surface area (Å²) < 4.78 is 0. The summed E-state index contributed by atoms with van der Waals surface area (Å²) in [6.07, 6.45) is 5.03. The van der Waals surface area contributed by atoms with E-state index in [-0.39, 0.29) is 0 Å². The van der Waals surface area contributed by atoms with Crippen LogP contribution < -0.4 is 10.4 Å². The highest BCUT2D eigenvalue weighted by molar-refractivity contribution is 7.01. The van der Waals surface area contributed by atoms with Gasteiger partial charge in [0.05, 0.1) is 0 Å². The van der Waals surface area contributed by atoms with Crippen LogP contribution >= 0.6 is 0 Å². The molecule has 0 spiro atoms. The Morgan fingerprint density at radius 2 is 1.75 bits per heavy atom. The fourth-order valence-electron chi connectivity index (χ4n) is 2.81. The summed E-state index contributed by atoms with van der Waals surface area (Å²) >= 11 is 0. The maximum atomic E-state index is 4.26. The lowest BCUT2D eigenvalue weighted by Crippen LogP contribution is -2.58. The molecule has 16 heavy (non-hydrogen) atoms. The molecule has 1 aliphatic rings. The van der Waals surface area contributed by atoms with Crippen molar-refractivity contribution in [2.24, 2.45) is 0 Å². The van der Waals surface area contributed by atoms with E-state index >= 15 is 0 Å². The maximum Gasteiger partial charge on any atom is 0.113 e. The van der Waals surface area contributed by atoms with Crippen LogP contribution in [0.5, 0.6) is 0 Å². The van der Waals surface area contributed by atoms with Crippen molar-refractivity contribution in [1.29, 1.82) is 0 Å². The molecule has 0 bridgehead atoms. The van der Waals surface area contributed by atoms with Crippen molar-refractivity contribution in [3.05, 3.63) is 53.9 Å². The lowest BCUT2D eigenvalue weighted by Gasteiger charge is -2.32. The van der Waals surface area contributed by atoms with E-state index in [9.17, 15) is 0 Å². The van der Waals surface area contributed by atoms with E-state index < -0.39 is 8.07 Å². The maximum absolute atomic E-state index is 4.26. The molecule has 1 aromatic heterocycles. The number of nitrogens with zero attached hydrogens (tertiary/aromatic N) is 1. The van der Waals surface area contributed by atoms with Crippen molar-refractivity contribution in [3.8, 4) is 0 Å². The minimum Gasteiger partial charge on any atom is -0.264 e. The van der Waals surface area contributed by atoms with Gasteiger partial charge in [0.1, 0.15) is 8.07 Å². The van der Waals surface area contributed by atoms with Gasteiger partial charge in [-0.15, -0.1) is 0 Å². The zero-order chi connectivity index (χ0) is 11.2. The highest BCUT2D eigenvalue weighted by atomic mass is 28.3. The summed E-state index contributed by atoms with van der Waals surface area (Å²) in [6, 6.07) is 11.1. The third-order valence-corrected chi connectivity index (χ3v) is 7.32. The molecular formula is C14H15NSi. The molecule has 0 N–H and O–H groups in total. The van der Waals surface area contributed by atoms with Gasteiger partial charge in [0.15, 0.2) is 0 Å². The molecule has 0 fully saturated rings. The minimum absolute atomic E-state index is 1.05. The van der Waals surface area contributed by atoms with Crippen LogP contribution in [0, 0.1) is 0 Å². The van der Waals surface area contributed by atoms with Crippen LogP contribution in [0.25, 0.3) is 0 Å². The Bertz CT molecular complexity index is 498. The summed E-state index contributed by atoms with van der Waals surface area (Å²) in [4.78, 5) is 4.26. The van der Waals surface area contributed by atoms with Crippen LogP contribution in [0.3, 0.4) is 0 Å². The first-order valence-electron chi connectivity index (χ1n) is 5.71. The van der Waals surface area contributed by atoms with Crippen LogP contribution in [-0.2, 0) is 6.42 Å². The zero-order valence-electron chi connectivity index (χ0n) is 9.70. The fraction of sp³-hybridized carbons (Fsp3) is 0.214. The lowest BCUT2D eigenvalue weighted by molar-refractivity contribution is 1.15. The van der Waals surface area contributed by atoms with Crippen molar-refractivity contribution < 1.29 is 0 Å². The molecule has 2 heterocycles. The summed E-state index contributed by atoms with van der Waals surface area (Å²) in [5, 5.41) is 3.15. The Kier molecular flexibility index (Phi) is 2.01. The molecule has 2 heteroatoms. The third-order valence-electron chi connectivity index (χ3n) is 3.65. The Hall–Kier alpha value is -1.41. The summed E-state index contributed by atoms with van der Waals surface area (Å²) in [7, 11) is -1.47. The Morgan fingerprint density at radius 1 is 1.00 bits per heavy atom. The van der Waals surface area contributed by atoms with Crippen molar-refractivity contribution in [1.82, 2.24) is 4.98 Å². The quantitative estimate of drug-likeness (QED) is 0.623. The van der Waals surface area contributed by atoms with Gasteiger partial charge in [-0.1, -0.05) is 42.5 Å². The topological polar surface area (TPSA) is 12.9 Å². The largest absolute Gasteiger partial charge is 0.264 e. The van der Waals surface area contributed by atoms with Gasteiger partial charge in [-0.3, -0.25) is 4.98 Å². The van der Waals surface area contributed by atoms with E-state index in [4.69, 9.17) is 0 Å². The number of pyridine rings is 1. The highest BCUT2D eigenvalue weighted by Gasteiger charge is 2.33. The molecule has 0 saturated heterocycles. The first-order valence-corrected chi connectivity index (χ1v) is 8.71. The van der Waals surface area contributed by atoms with E-state index in [0.717, 1.165) is 6.42 Å². The molecule has 80 valence electrons. The molecule has 1 aromatic carbocycles. The summed E-state index contributed by atoms with van der Waals surface area (Å²) in [6.45, 7) is 4.87. The number of hydrogen-bond acceptors (Lipinski definition) is 1. The van der Waals surface area contributed by atoms with Gasteiger partial charge in [-0.25, -0.2) is 0 Å². The Morgan fingerprint density at radius 3 is 2.62 bits per heavy atom. The Balaban J connectivity index is 2.28. The molecule has 0 aliphatic carbocycles. The fourth-order valence-corrected chi connectivity index (χ4v) is 6.04. The third kappa shape index (κ3) is 1.26. The van der Waals surface area contributed by atoms with Gasteiger partial charge in [0.25, 0.3) is 0 Å². The lowest BCUT2D eigenvalue weighted by atomic mass is 10.1. The van der Waals surface area contributed by atoms with Crippen LogP contribution in [0.15, 0.2) is 42.7 Å². The van der Waals surface area contributed by atoms with Crippen molar-refractivity contribution >= 4 is 18.4 Å². The molecule has 2 aromatic rings. The van der Waals surface area contributed by atoms with Gasteiger partial charge < -0.3 is 0 Å². The standard InChI is InChI=1S/C14H15NSi/c1-16(2)13-6-4-3-5-11(13)9-12-10-15-8-7-14(12)16/h3-8,10H,9H2,1-2H3. The first-order chi connectivity index (χ1) is 7.69. The normalized spacial score (nSPS) is 16.4. The molecule has 0 atom stereocenters. The van der Waals surface area contributed by atoms with Crippen LogP contribution in [0.2, 0.25) is 13.1 Å². The van der Waals surface area contributed by atoms with E-state index in [1.54, 1.807) is 10.4 Å². The van der Waals surface area contributed by atoms with Crippen molar-refractivity contribution in [2.75, 3.05) is 0 Å². The second-order valence-electron chi connectivity index (χ2n) is 4.99. The monoisotopic (exact) mass is 225 g/mol. The predicted molar refractivity (Wildman–Crippen MR) is 70.2 cm³/mol. The van der Waals surface area contributed by atoms with Gasteiger partial charge in [-0.2, -0.15) is 0 Å². The van der Waals surface area contributed by atoms with Crippen LogP contribution in [-0.4, -0.2) is 13.1 Å². The van der Waals surface area contributed by atoms with Crippen LogP contribution in [0.4, 0.5) is 0 Å². The van der Waals surface area contributed by atoms with Crippen molar-refractivity contribution in [3.63, 3.8) is 0 Å². The van der Waals surface area contributed by atoms with E-state index in [2.05, 4.69) is 48.4 Å². The van der Waals surface area contributed by atoms with Gasteiger partial charge in [0.2, 0.25) is 0 Å². The smallest absolute Gasteiger partial charge is 0.113 e. The molecule has 0 unspecified atom stereocenters. The molecule has 0 saturated carbocycles. The molecule has 3 rings (SSSR count).